The van der Waals surface area contributed by atoms with E-state index in [4.69, 9.17) is 0 Å². The molecule has 0 rings (SSSR count). The molecule has 0 aromatic heterocycles. The van der Waals surface area contributed by atoms with Gasteiger partial charge in [-0.3, -0.25) is 0 Å². The molecule has 0 amide bonds. The Bertz CT molecular complexity index is 570. The topological polar surface area (TPSA) is 18.5 Å². The molecule has 0 aliphatic carbocycles. The standard InChI is InChI=1S/C15H21F13O2Si/c1-4-8-29-31(3,30-9-5-2)15(27,28)14(25,26)13(23,24)12(21,22)10(16,17)6-7-11(18,19)20/h4-9H2,1-3H3. The lowest BCUT2D eigenvalue weighted by atomic mass is 9.95. The van der Waals surface area contributed by atoms with Crippen LogP contribution in [0, 0.1) is 0 Å². The van der Waals surface area contributed by atoms with Crippen LogP contribution in [0.25, 0.3) is 0 Å². The molecule has 0 saturated heterocycles. The second-order valence-electron chi connectivity index (χ2n) is 6.76. The van der Waals surface area contributed by atoms with Crippen molar-refractivity contribution in [1.82, 2.24) is 0 Å². The van der Waals surface area contributed by atoms with E-state index in [0.29, 0.717) is 0 Å². The molecule has 0 aliphatic rings. The minimum absolute atomic E-state index is 0.109. The van der Waals surface area contributed by atoms with Gasteiger partial charge in [0.25, 0.3) is 0 Å². The first kappa shape index (κ1) is 30.2. The summed E-state index contributed by atoms with van der Waals surface area (Å²) < 4.78 is 185. The Balaban J connectivity index is 6.31. The fraction of sp³-hybridized carbons (Fsp3) is 1.00. The van der Waals surface area contributed by atoms with E-state index in [-0.39, 0.29) is 19.4 Å². The Labute approximate surface area is 170 Å². The molecule has 0 aliphatic heterocycles. The summed E-state index contributed by atoms with van der Waals surface area (Å²) >= 11 is 0. The van der Waals surface area contributed by atoms with Crippen molar-refractivity contribution in [2.24, 2.45) is 0 Å². The van der Waals surface area contributed by atoms with Gasteiger partial charge in [-0.1, -0.05) is 13.8 Å². The third-order valence-electron chi connectivity index (χ3n) is 4.10. The van der Waals surface area contributed by atoms with E-state index in [1.54, 1.807) is 0 Å². The van der Waals surface area contributed by atoms with Crippen LogP contribution in [0.1, 0.15) is 39.5 Å². The van der Waals surface area contributed by atoms with Crippen LogP contribution in [0.15, 0.2) is 0 Å². The molecule has 0 atom stereocenters. The van der Waals surface area contributed by atoms with Crippen LogP contribution in [-0.4, -0.2) is 57.2 Å². The first-order valence-corrected chi connectivity index (χ1v) is 11.1. The van der Waals surface area contributed by atoms with Crippen molar-refractivity contribution in [2.75, 3.05) is 13.2 Å². The van der Waals surface area contributed by atoms with E-state index >= 15 is 0 Å². The second-order valence-corrected chi connectivity index (χ2v) is 9.86. The van der Waals surface area contributed by atoms with E-state index in [0.717, 1.165) is 0 Å². The Hall–Kier alpha value is -0.773. The van der Waals surface area contributed by atoms with Gasteiger partial charge in [0.2, 0.25) is 0 Å². The Morgan fingerprint density at radius 2 is 0.968 bits per heavy atom. The first-order chi connectivity index (χ1) is 13.6. The lowest BCUT2D eigenvalue weighted by molar-refractivity contribution is -0.395. The zero-order valence-corrected chi connectivity index (χ0v) is 17.5. The largest absolute Gasteiger partial charge is 0.419 e. The van der Waals surface area contributed by atoms with Crippen molar-refractivity contribution >= 4 is 8.56 Å². The molecule has 31 heavy (non-hydrogen) atoms. The van der Waals surface area contributed by atoms with Crippen molar-refractivity contribution in [2.45, 2.75) is 81.5 Å². The fourth-order valence-corrected chi connectivity index (χ4v) is 4.54. The molecule has 0 spiro atoms. The molecule has 0 heterocycles. The molecule has 0 saturated carbocycles. The van der Waals surface area contributed by atoms with Crippen molar-refractivity contribution in [3.63, 3.8) is 0 Å². The molecule has 0 radical (unpaired) electrons. The van der Waals surface area contributed by atoms with Gasteiger partial charge in [0.05, 0.1) is 0 Å². The van der Waals surface area contributed by atoms with Gasteiger partial charge in [0.1, 0.15) is 0 Å². The van der Waals surface area contributed by atoms with E-state index in [9.17, 15) is 57.1 Å². The van der Waals surface area contributed by atoms with Crippen LogP contribution in [0.5, 0.6) is 0 Å². The quantitative estimate of drug-likeness (QED) is 0.198. The van der Waals surface area contributed by atoms with Gasteiger partial charge < -0.3 is 8.85 Å². The normalized spacial score (nSPS) is 15.5. The molecule has 0 aromatic carbocycles. The SMILES string of the molecule is CCCO[Si](C)(OCCC)C(F)(F)C(F)(F)C(F)(F)C(F)(F)C(F)(F)CCC(F)(F)F. The van der Waals surface area contributed by atoms with Crippen LogP contribution in [0.2, 0.25) is 6.55 Å². The summed E-state index contributed by atoms with van der Waals surface area (Å²) in [5.41, 5.74) is -6.18. The van der Waals surface area contributed by atoms with Gasteiger partial charge >= 0.3 is 44.0 Å². The van der Waals surface area contributed by atoms with Crippen LogP contribution in [-0.2, 0) is 8.85 Å². The molecule has 2 nitrogen and oxygen atoms in total. The van der Waals surface area contributed by atoms with Gasteiger partial charge in [-0.2, -0.15) is 57.1 Å². The van der Waals surface area contributed by atoms with Gasteiger partial charge in [-0.25, -0.2) is 0 Å². The minimum atomic E-state index is -7.47. The molecule has 0 aromatic rings. The molecule has 0 unspecified atom stereocenters. The van der Waals surface area contributed by atoms with E-state index in [1.165, 1.54) is 13.8 Å². The summed E-state index contributed by atoms with van der Waals surface area (Å²) in [5, 5.41) is 0. The summed E-state index contributed by atoms with van der Waals surface area (Å²) in [6.07, 6.45) is -11.5. The summed E-state index contributed by atoms with van der Waals surface area (Å²) in [6.45, 7) is 1.30. The summed E-state index contributed by atoms with van der Waals surface area (Å²) in [7, 11) is -5.77. The molecule has 16 heteroatoms. The van der Waals surface area contributed by atoms with Gasteiger partial charge in [-0.15, -0.1) is 0 Å². The lowest BCUT2D eigenvalue weighted by Crippen LogP contribution is -2.74. The maximum absolute atomic E-state index is 14.5. The molecular formula is C15H21F13O2Si. The number of alkyl halides is 13. The van der Waals surface area contributed by atoms with Gasteiger partial charge in [0.15, 0.2) is 0 Å². The average Bonchev–Trinajstić information content (AvgIpc) is 2.61. The third-order valence-corrected chi connectivity index (χ3v) is 7.06. The zero-order valence-electron chi connectivity index (χ0n) is 16.5. The Morgan fingerprint density at radius 3 is 1.29 bits per heavy atom. The highest BCUT2D eigenvalue weighted by atomic mass is 28.4. The molecular weight excluding hydrogens is 487 g/mol. The maximum atomic E-state index is 14.5. The van der Waals surface area contributed by atoms with E-state index in [2.05, 4.69) is 8.85 Å². The smallest absolute Gasteiger partial charge is 0.391 e. The second kappa shape index (κ2) is 9.61. The monoisotopic (exact) mass is 508 g/mol. The summed E-state index contributed by atoms with van der Waals surface area (Å²) in [6, 6.07) is 0. The predicted octanol–water partition coefficient (Wildman–Crippen LogP) is 6.97. The molecule has 188 valence electrons. The van der Waals surface area contributed by atoms with Crippen molar-refractivity contribution in [3.8, 4) is 0 Å². The van der Waals surface area contributed by atoms with Crippen molar-refractivity contribution in [3.05, 3.63) is 0 Å². The highest BCUT2D eigenvalue weighted by Crippen LogP contribution is 2.59. The van der Waals surface area contributed by atoms with Crippen LogP contribution >= 0.6 is 0 Å². The number of hydrogen-bond acceptors (Lipinski definition) is 2. The van der Waals surface area contributed by atoms with Gasteiger partial charge in [-0.05, 0) is 19.4 Å². The highest BCUT2D eigenvalue weighted by molar-refractivity contribution is 6.69. The van der Waals surface area contributed by atoms with Crippen LogP contribution in [0.4, 0.5) is 57.1 Å². The Kier molecular flexibility index (Phi) is 9.37. The zero-order chi connectivity index (χ0) is 25.2. The van der Waals surface area contributed by atoms with E-state index in [1.807, 2.05) is 0 Å². The van der Waals surface area contributed by atoms with E-state index < -0.39 is 70.0 Å². The van der Waals surface area contributed by atoms with Crippen molar-refractivity contribution < 1.29 is 65.9 Å². The highest BCUT2D eigenvalue weighted by Gasteiger charge is 2.89. The lowest BCUT2D eigenvalue weighted by Gasteiger charge is -2.43. The third kappa shape index (κ3) is 5.78. The maximum Gasteiger partial charge on any atom is 0.419 e. The van der Waals surface area contributed by atoms with Crippen molar-refractivity contribution in [1.29, 1.82) is 0 Å². The number of hydrogen-bond donors (Lipinski definition) is 0. The molecule has 0 bridgehead atoms. The number of halogens is 13. The average molecular weight is 508 g/mol. The number of rotatable bonds is 13. The van der Waals surface area contributed by atoms with Crippen LogP contribution < -0.4 is 0 Å². The predicted molar refractivity (Wildman–Crippen MR) is 84.1 cm³/mol. The first-order valence-electron chi connectivity index (χ1n) is 8.81. The minimum Gasteiger partial charge on any atom is -0.391 e. The summed E-state index contributed by atoms with van der Waals surface area (Å²) in [5.74, 6) is -28.3. The van der Waals surface area contributed by atoms with Gasteiger partial charge in [0, 0.05) is 26.1 Å². The molecule has 0 fully saturated rings. The fourth-order valence-electron chi connectivity index (χ4n) is 2.18. The Morgan fingerprint density at radius 1 is 0.581 bits per heavy atom. The van der Waals surface area contributed by atoms with Crippen LogP contribution in [0.3, 0.4) is 0 Å². The molecule has 0 N–H and O–H groups in total. The summed E-state index contributed by atoms with van der Waals surface area (Å²) in [4.78, 5) is 0.